The maximum Gasteiger partial charge on any atom is 0.332 e. The number of aromatic nitrogens is 2. The molecule has 0 N–H and O–H groups in total. The van der Waals surface area contributed by atoms with Crippen LogP contribution in [0.4, 0.5) is 11.5 Å². The van der Waals surface area contributed by atoms with Crippen molar-refractivity contribution in [1.82, 2.24) is 9.97 Å². The van der Waals surface area contributed by atoms with Crippen LogP contribution in [0.2, 0.25) is 5.28 Å². The minimum absolute atomic E-state index is 0.0130. The second kappa shape index (κ2) is 5.87. The van der Waals surface area contributed by atoms with Gasteiger partial charge < -0.3 is 9.32 Å². The van der Waals surface area contributed by atoms with Crippen LogP contribution in [0.1, 0.15) is 18.4 Å². The van der Waals surface area contributed by atoms with Gasteiger partial charge in [-0.3, -0.25) is 10.1 Å². The van der Waals surface area contributed by atoms with Gasteiger partial charge >= 0.3 is 5.69 Å². The van der Waals surface area contributed by atoms with Gasteiger partial charge in [0.2, 0.25) is 11.1 Å². The lowest BCUT2D eigenvalue weighted by Gasteiger charge is -2.20. The van der Waals surface area contributed by atoms with Crippen molar-refractivity contribution in [2.24, 2.45) is 0 Å². The number of rotatable bonds is 5. The molecule has 0 atom stereocenters. The molecular weight excluding hydrogens is 284 g/mol. The molecule has 2 heterocycles. The monoisotopic (exact) mass is 296 g/mol. The van der Waals surface area contributed by atoms with Crippen LogP contribution in [0.5, 0.6) is 0 Å². The molecule has 2 aromatic rings. The van der Waals surface area contributed by atoms with Gasteiger partial charge in [-0.1, -0.05) is 0 Å². The first-order chi connectivity index (χ1) is 9.52. The smallest absolute Gasteiger partial charge is 0.332 e. The SMILES string of the molecule is CCN(Cc1ccco1)c1nc(Cl)nc(C)c1[N+](=O)[O-]. The van der Waals surface area contributed by atoms with Crippen molar-refractivity contribution < 1.29 is 9.34 Å². The van der Waals surface area contributed by atoms with E-state index in [-0.39, 0.29) is 22.5 Å². The predicted octanol–water partition coefficient (Wildman–Crippen LogP) is 2.97. The van der Waals surface area contributed by atoms with Gasteiger partial charge in [0.15, 0.2) is 0 Å². The Balaban J connectivity index is 2.45. The average Bonchev–Trinajstić information content (AvgIpc) is 2.87. The molecule has 0 aliphatic carbocycles. The molecule has 0 saturated heterocycles. The molecule has 7 nitrogen and oxygen atoms in total. The molecule has 0 unspecified atom stereocenters. The molecule has 2 aromatic heterocycles. The van der Waals surface area contributed by atoms with E-state index in [2.05, 4.69) is 9.97 Å². The van der Waals surface area contributed by atoms with E-state index in [9.17, 15) is 10.1 Å². The van der Waals surface area contributed by atoms with E-state index in [0.717, 1.165) is 0 Å². The highest BCUT2D eigenvalue weighted by molar-refractivity contribution is 6.28. The first kappa shape index (κ1) is 14.3. The molecule has 0 spiro atoms. The Labute approximate surface area is 120 Å². The summed E-state index contributed by atoms with van der Waals surface area (Å²) >= 11 is 5.81. The van der Waals surface area contributed by atoms with E-state index < -0.39 is 4.92 Å². The third-order valence-electron chi connectivity index (χ3n) is 2.80. The minimum Gasteiger partial charge on any atom is -0.467 e. The number of furan rings is 1. The van der Waals surface area contributed by atoms with Crippen molar-refractivity contribution in [3.05, 3.63) is 45.2 Å². The molecule has 0 aliphatic rings. The fraction of sp³-hybridized carbons (Fsp3) is 0.333. The Bertz CT molecular complexity index is 615. The molecule has 0 saturated carbocycles. The van der Waals surface area contributed by atoms with E-state index in [1.54, 1.807) is 23.3 Å². The van der Waals surface area contributed by atoms with Crippen LogP contribution in [0.15, 0.2) is 22.8 Å². The van der Waals surface area contributed by atoms with Gasteiger partial charge in [-0.2, -0.15) is 4.98 Å². The highest BCUT2D eigenvalue weighted by atomic mass is 35.5. The van der Waals surface area contributed by atoms with Crippen molar-refractivity contribution in [1.29, 1.82) is 0 Å². The third kappa shape index (κ3) is 2.88. The van der Waals surface area contributed by atoms with Crippen LogP contribution in [0.3, 0.4) is 0 Å². The predicted molar refractivity (Wildman–Crippen MR) is 73.9 cm³/mol. The second-order valence-corrected chi connectivity index (χ2v) is 4.44. The first-order valence-electron chi connectivity index (χ1n) is 5.98. The van der Waals surface area contributed by atoms with Gasteiger partial charge in [-0.25, -0.2) is 4.98 Å². The van der Waals surface area contributed by atoms with E-state index in [0.29, 0.717) is 18.8 Å². The van der Waals surface area contributed by atoms with Gasteiger partial charge in [0, 0.05) is 6.54 Å². The summed E-state index contributed by atoms with van der Waals surface area (Å²) in [6.45, 7) is 4.30. The number of nitrogens with zero attached hydrogens (tertiary/aromatic N) is 4. The zero-order valence-corrected chi connectivity index (χ0v) is 11.8. The van der Waals surface area contributed by atoms with Crippen LogP contribution < -0.4 is 4.90 Å². The fourth-order valence-electron chi connectivity index (χ4n) is 1.88. The van der Waals surface area contributed by atoms with Crippen LogP contribution in [0, 0.1) is 17.0 Å². The maximum atomic E-state index is 11.2. The van der Waals surface area contributed by atoms with Crippen molar-refractivity contribution in [2.75, 3.05) is 11.4 Å². The second-order valence-electron chi connectivity index (χ2n) is 4.10. The molecular formula is C12H13ClN4O3. The number of hydrogen-bond acceptors (Lipinski definition) is 6. The van der Waals surface area contributed by atoms with E-state index >= 15 is 0 Å². The molecule has 2 rings (SSSR count). The minimum atomic E-state index is -0.494. The summed E-state index contributed by atoms with van der Waals surface area (Å²) in [5.74, 6) is 0.889. The van der Waals surface area contributed by atoms with E-state index in [1.165, 1.54) is 6.92 Å². The lowest BCUT2D eigenvalue weighted by molar-refractivity contribution is -0.385. The summed E-state index contributed by atoms with van der Waals surface area (Å²) in [5.41, 5.74) is 0.103. The molecule has 8 heteroatoms. The maximum absolute atomic E-state index is 11.2. The molecule has 0 fully saturated rings. The Hall–Kier alpha value is -2.15. The molecule has 0 aliphatic heterocycles. The van der Waals surface area contributed by atoms with Gasteiger partial charge in [0.05, 0.1) is 17.7 Å². The van der Waals surface area contributed by atoms with Crippen LogP contribution in [0.25, 0.3) is 0 Å². The van der Waals surface area contributed by atoms with Crippen molar-refractivity contribution in [3.63, 3.8) is 0 Å². The van der Waals surface area contributed by atoms with Crippen LogP contribution in [-0.4, -0.2) is 21.4 Å². The largest absolute Gasteiger partial charge is 0.467 e. The standard InChI is InChI=1S/C12H13ClN4O3/c1-3-16(7-9-5-4-6-20-9)11-10(17(18)19)8(2)14-12(13)15-11/h4-6H,3,7H2,1-2H3. The molecule has 20 heavy (non-hydrogen) atoms. The van der Waals surface area contributed by atoms with E-state index in [4.69, 9.17) is 16.0 Å². The van der Waals surface area contributed by atoms with Gasteiger partial charge in [-0.15, -0.1) is 0 Å². The Kier molecular flexibility index (Phi) is 4.19. The highest BCUT2D eigenvalue weighted by Crippen LogP contribution is 2.30. The topological polar surface area (TPSA) is 85.3 Å². The zero-order valence-electron chi connectivity index (χ0n) is 11.0. The Morgan fingerprint density at radius 2 is 2.25 bits per heavy atom. The molecule has 0 radical (unpaired) electrons. The Morgan fingerprint density at radius 1 is 1.50 bits per heavy atom. The zero-order chi connectivity index (χ0) is 14.7. The number of anilines is 1. The summed E-state index contributed by atoms with van der Waals surface area (Å²) in [7, 11) is 0. The number of hydrogen-bond donors (Lipinski definition) is 0. The van der Waals surface area contributed by atoms with Gasteiger partial charge in [0.25, 0.3) is 0 Å². The van der Waals surface area contributed by atoms with E-state index in [1.807, 2.05) is 6.92 Å². The highest BCUT2D eigenvalue weighted by Gasteiger charge is 2.26. The number of nitro groups is 1. The van der Waals surface area contributed by atoms with Crippen molar-refractivity contribution in [3.8, 4) is 0 Å². The number of aryl methyl sites for hydroxylation is 1. The summed E-state index contributed by atoms with van der Waals surface area (Å²) in [4.78, 5) is 20.3. The quantitative estimate of drug-likeness (QED) is 0.479. The van der Waals surface area contributed by atoms with Crippen LogP contribution in [-0.2, 0) is 6.54 Å². The van der Waals surface area contributed by atoms with Crippen molar-refractivity contribution >= 4 is 23.1 Å². The summed E-state index contributed by atoms with van der Waals surface area (Å²) in [6.07, 6.45) is 1.55. The summed E-state index contributed by atoms with van der Waals surface area (Å²) < 4.78 is 5.26. The first-order valence-corrected chi connectivity index (χ1v) is 6.36. The molecule has 0 amide bonds. The Morgan fingerprint density at radius 3 is 2.80 bits per heavy atom. The van der Waals surface area contributed by atoms with Crippen molar-refractivity contribution in [2.45, 2.75) is 20.4 Å². The lowest BCUT2D eigenvalue weighted by atomic mass is 10.3. The normalized spacial score (nSPS) is 10.6. The molecule has 106 valence electrons. The van der Waals surface area contributed by atoms with Crippen LogP contribution >= 0.6 is 11.6 Å². The summed E-state index contributed by atoms with van der Waals surface area (Å²) in [5, 5.41) is 11.2. The van der Waals surface area contributed by atoms with Gasteiger partial charge in [0.1, 0.15) is 11.5 Å². The number of halogens is 1. The van der Waals surface area contributed by atoms with Gasteiger partial charge in [-0.05, 0) is 37.6 Å². The third-order valence-corrected chi connectivity index (χ3v) is 2.97. The molecule has 0 aromatic carbocycles. The molecule has 0 bridgehead atoms. The average molecular weight is 297 g/mol. The lowest BCUT2D eigenvalue weighted by Crippen LogP contribution is -2.24. The fourth-order valence-corrected chi connectivity index (χ4v) is 2.09. The summed E-state index contributed by atoms with van der Waals surface area (Å²) in [6, 6.07) is 3.56.